The molecule has 0 aliphatic carbocycles. The molecule has 0 aliphatic rings. The SMILES string of the molecule is CCOc1ccc2nc(COc3ccc(F)cc3)n(CC(C)C)c2c1. The highest BCUT2D eigenvalue weighted by molar-refractivity contribution is 5.77. The van der Waals surface area contributed by atoms with Crippen LogP contribution in [0.1, 0.15) is 26.6 Å². The Morgan fingerprint density at radius 1 is 1.04 bits per heavy atom. The minimum absolute atomic E-state index is 0.275. The lowest BCUT2D eigenvalue weighted by atomic mass is 10.2. The van der Waals surface area contributed by atoms with E-state index in [2.05, 4.69) is 18.4 Å². The van der Waals surface area contributed by atoms with Gasteiger partial charge in [0.2, 0.25) is 0 Å². The van der Waals surface area contributed by atoms with Crippen molar-refractivity contribution in [3.63, 3.8) is 0 Å². The van der Waals surface area contributed by atoms with Crippen molar-refractivity contribution in [2.45, 2.75) is 33.9 Å². The molecule has 0 unspecified atom stereocenters. The number of fused-ring (bicyclic) bond motifs is 1. The summed E-state index contributed by atoms with van der Waals surface area (Å²) >= 11 is 0. The van der Waals surface area contributed by atoms with E-state index in [0.29, 0.717) is 24.9 Å². The predicted molar refractivity (Wildman–Crippen MR) is 96.5 cm³/mol. The summed E-state index contributed by atoms with van der Waals surface area (Å²) in [5, 5.41) is 0. The van der Waals surface area contributed by atoms with E-state index in [1.165, 1.54) is 12.1 Å². The molecule has 0 saturated heterocycles. The fourth-order valence-electron chi connectivity index (χ4n) is 2.77. The molecule has 0 atom stereocenters. The molecule has 0 N–H and O–H groups in total. The van der Waals surface area contributed by atoms with Gasteiger partial charge in [0.15, 0.2) is 0 Å². The van der Waals surface area contributed by atoms with Crippen LogP contribution in [0.2, 0.25) is 0 Å². The zero-order chi connectivity index (χ0) is 17.8. The molecule has 3 aromatic rings. The Balaban J connectivity index is 1.90. The van der Waals surface area contributed by atoms with E-state index in [-0.39, 0.29) is 5.82 Å². The van der Waals surface area contributed by atoms with Gasteiger partial charge in [-0.15, -0.1) is 0 Å². The lowest BCUT2D eigenvalue weighted by Crippen LogP contribution is -2.11. The first-order valence-electron chi connectivity index (χ1n) is 8.57. The number of halogens is 1. The molecule has 25 heavy (non-hydrogen) atoms. The van der Waals surface area contributed by atoms with Crippen LogP contribution in [0.5, 0.6) is 11.5 Å². The lowest BCUT2D eigenvalue weighted by Gasteiger charge is -2.13. The number of aromatic nitrogens is 2. The molecule has 132 valence electrons. The maximum absolute atomic E-state index is 13.0. The van der Waals surface area contributed by atoms with Crippen molar-refractivity contribution in [3.05, 3.63) is 54.1 Å². The van der Waals surface area contributed by atoms with Gasteiger partial charge < -0.3 is 14.0 Å². The highest BCUT2D eigenvalue weighted by atomic mass is 19.1. The van der Waals surface area contributed by atoms with Crippen LogP contribution in [0.3, 0.4) is 0 Å². The molecule has 0 spiro atoms. The van der Waals surface area contributed by atoms with Gasteiger partial charge in [0.1, 0.15) is 29.7 Å². The monoisotopic (exact) mass is 342 g/mol. The molecule has 0 aliphatic heterocycles. The van der Waals surface area contributed by atoms with Crippen molar-refractivity contribution >= 4 is 11.0 Å². The third-order valence-corrected chi connectivity index (χ3v) is 3.84. The van der Waals surface area contributed by atoms with Crippen molar-refractivity contribution < 1.29 is 13.9 Å². The van der Waals surface area contributed by atoms with Crippen LogP contribution >= 0.6 is 0 Å². The van der Waals surface area contributed by atoms with Crippen LogP contribution in [0, 0.1) is 11.7 Å². The topological polar surface area (TPSA) is 36.3 Å². The Hall–Kier alpha value is -2.56. The maximum atomic E-state index is 13.0. The van der Waals surface area contributed by atoms with Gasteiger partial charge in [-0.1, -0.05) is 13.8 Å². The van der Waals surface area contributed by atoms with Crippen LogP contribution in [0.15, 0.2) is 42.5 Å². The Morgan fingerprint density at radius 3 is 2.44 bits per heavy atom. The molecule has 1 aromatic heterocycles. The van der Waals surface area contributed by atoms with Crippen molar-refractivity contribution in [3.8, 4) is 11.5 Å². The summed E-state index contributed by atoms with van der Waals surface area (Å²) < 4.78 is 26.6. The Kier molecular flexibility index (Phi) is 5.22. The van der Waals surface area contributed by atoms with Gasteiger partial charge in [-0.2, -0.15) is 0 Å². The van der Waals surface area contributed by atoms with Gasteiger partial charge in [0.25, 0.3) is 0 Å². The molecule has 0 amide bonds. The van der Waals surface area contributed by atoms with Crippen LogP contribution < -0.4 is 9.47 Å². The predicted octanol–water partition coefficient (Wildman–Crippen LogP) is 4.81. The molecular formula is C20H23FN2O2. The van der Waals surface area contributed by atoms with Crippen LogP contribution in [0.4, 0.5) is 4.39 Å². The van der Waals surface area contributed by atoms with Gasteiger partial charge in [-0.05, 0) is 49.2 Å². The third-order valence-electron chi connectivity index (χ3n) is 3.84. The number of hydrogen-bond donors (Lipinski definition) is 0. The van der Waals surface area contributed by atoms with Crippen molar-refractivity contribution in [2.75, 3.05) is 6.61 Å². The second-order valence-electron chi connectivity index (χ2n) is 6.36. The van der Waals surface area contributed by atoms with E-state index in [1.54, 1.807) is 12.1 Å². The van der Waals surface area contributed by atoms with E-state index in [9.17, 15) is 4.39 Å². The average Bonchev–Trinajstić information content (AvgIpc) is 2.91. The quantitative estimate of drug-likeness (QED) is 0.618. The lowest BCUT2D eigenvalue weighted by molar-refractivity contribution is 0.287. The standard InChI is InChI=1S/C20H23FN2O2/c1-4-24-17-9-10-18-19(11-17)23(12-14(2)3)20(22-18)13-25-16-7-5-15(21)6-8-16/h5-11,14H,4,12-13H2,1-3H3. The maximum Gasteiger partial charge on any atom is 0.148 e. The first-order valence-corrected chi connectivity index (χ1v) is 8.57. The van der Waals surface area contributed by atoms with Crippen LogP contribution in [-0.2, 0) is 13.2 Å². The molecule has 0 bridgehead atoms. The minimum Gasteiger partial charge on any atom is -0.494 e. The molecule has 0 fully saturated rings. The van der Waals surface area contributed by atoms with E-state index >= 15 is 0 Å². The van der Waals surface area contributed by atoms with Crippen LogP contribution in [-0.4, -0.2) is 16.2 Å². The number of ether oxygens (including phenoxy) is 2. The Bertz CT molecular complexity index is 841. The summed E-state index contributed by atoms with van der Waals surface area (Å²) in [7, 11) is 0. The van der Waals surface area contributed by atoms with Gasteiger partial charge in [-0.25, -0.2) is 9.37 Å². The second-order valence-corrected chi connectivity index (χ2v) is 6.36. The van der Waals surface area contributed by atoms with Crippen LogP contribution in [0.25, 0.3) is 11.0 Å². The highest BCUT2D eigenvalue weighted by Crippen LogP contribution is 2.24. The fraction of sp³-hybridized carbons (Fsp3) is 0.350. The van der Waals surface area contributed by atoms with E-state index in [4.69, 9.17) is 14.5 Å². The Morgan fingerprint density at radius 2 is 1.76 bits per heavy atom. The zero-order valence-electron chi connectivity index (χ0n) is 14.8. The molecule has 1 heterocycles. The number of hydrogen-bond acceptors (Lipinski definition) is 3. The van der Waals surface area contributed by atoms with Gasteiger partial charge in [0.05, 0.1) is 17.6 Å². The number of benzene rings is 2. The molecule has 0 radical (unpaired) electrons. The smallest absolute Gasteiger partial charge is 0.148 e. The molecule has 2 aromatic carbocycles. The van der Waals surface area contributed by atoms with Crippen molar-refractivity contribution in [1.29, 1.82) is 0 Å². The van der Waals surface area contributed by atoms with E-state index in [1.807, 2.05) is 25.1 Å². The van der Waals surface area contributed by atoms with E-state index < -0.39 is 0 Å². The Labute approximate surface area is 147 Å². The first-order chi connectivity index (χ1) is 12.1. The van der Waals surface area contributed by atoms with E-state index in [0.717, 1.165) is 29.2 Å². The third kappa shape index (κ3) is 4.10. The number of rotatable bonds is 7. The first kappa shape index (κ1) is 17.3. The van der Waals surface area contributed by atoms with Gasteiger partial charge in [0, 0.05) is 12.6 Å². The van der Waals surface area contributed by atoms with Crippen molar-refractivity contribution in [2.24, 2.45) is 5.92 Å². The zero-order valence-corrected chi connectivity index (χ0v) is 14.8. The normalized spacial score (nSPS) is 11.2. The summed E-state index contributed by atoms with van der Waals surface area (Å²) in [4.78, 5) is 4.71. The molecule has 0 saturated carbocycles. The van der Waals surface area contributed by atoms with Gasteiger partial charge >= 0.3 is 0 Å². The highest BCUT2D eigenvalue weighted by Gasteiger charge is 2.13. The van der Waals surface area contributed by atoms with Crippen molar-refractivity contribution in [1.82, 2.24) is 9.55 Å². The number of nitrogens with zero attached hydrogens (tertiary/aromatic N) is 2. The fourth-order valence-corrected chi connectivity index (χ4v) is 2.77. The largest absolute Gasteiger partial charge is 0.494 e. The molecule has 3 rings (SSSR count). The molecular weight excluding hydrogens is 319 g/mol. The summed E-state index contributed by atoms with van der Waals surface area (Å²) in [6.45, 7) is 8.11. The molecule has 5 heteroatoms. The summed E-state index contributed by atoms with van der Waals surface area (Å²) in [5.41, 5.74) is 1.96. The second kappa shape index (κ2) is 7.55. The summed E-state index contributed by atoms with van der Waals surface area (Å²) in [5.74, 6) is 2.51. The summed E-state index contributed by atoms with van der Waals surface area (Å²) in [6, 6.07) is 12.0. The molecule has 4 nitrogen and oxygen atoms in total. The summed E-state index contributed by atoms with van der Waals surface area (Å²) in [6.07, 6.45) is 0. The minimum atomic E-state index is -0.275. The number of imidazole rings is 1. The van der Waals surface area contributed by atoms with Gasteiger partial charge in [-0.3, -0.25) is 0 Å². The average molecular weight is 342 g/mol.